The maximum absolute atomic E-state index is 13.0. The fourth-order valence-corrected chi connectivity index (χ4v) is 5.41. The molecule has 3 rings (SSSR count). The number of carbonyl (C=O) groups is 1. The summed E-state index contributed by atoms with van der Waals surface area (Å²) in [6, 6.07) is 15.2. The molecule has 0 spiro atoms. The van der Waals surface area contributed by atoms with Crippen LogP contribution in [0.4, 0.5) is 5.69 Å². The van der Waals surface area contributed by atoms with Gasteiger partial charge in [-0.15, -0.1) is 0 Å². The van der Waals surface area contributed by atoms with Crippen LogP contribution < -0.4 is 19.1 Å². The number of aromatic nitrogens is 1. The van der Waals surface area contributed by atoms with Crippen molar-refractivity contribution >= 4 is 31.6 Å². The van der Waals surface area contributed by atoms with Crippen molar-refractivity contribution in [3.8, 4) is 5.75 Å². The Hall–Kier alpha value is -3.48. The predicted molar refractivity (Wildman–Crippen MR) is 131 cm³/mol. The highest BCUT2D eigenvalue weighted by molar-refractivity contribution is 7.92. The molecule has 0 fully saturated rings. The lowest BCUT2D eigenvalue weighted by Crippen LogP contribution is -2.31. The molecular formula is C23H26N4O6S2. The fourth-order valence-electron chi connectivity index (χ4n) is 3.14. The summed E-state index contributed by atoms with van der Waals surface area (Å²) in [6.07, 6.45) is 3.17. The molecule has 0 unspecified atom stereocenters. The molecule has 1 aromatic heterocycles. The van der Waals surface area contributed by atoms with Gasteiger partial charge in [0.2, 0.25) is 15.9 Å². The molecule has 12 heteroatoms. The van der Waals surface area contributed by atoms with Gasteiger partial charge in [-0.05, 0) is 42.0 Å². The highest BCUT2D eigenvalue weighted by atomic mass is 32.2. The van der Waals surface area contributed by atoms with Crippen molar-refractivity contribution in [2.24, 2.45) is 0 Å². The average Bonchev–Trinajstić information content (AvgIpc) is 2.87. The smallest absolute Gasteiger partial charge is 0.264 e. The van der Waals surface area contributed by atoms with E-state index in [0.29, 0.717) is 0 Å². The van der Waals surface area contributed by atoms with E-state index in [-0.39, 0.29) is 46.6 Å². The number of nitrogens with zero attached hydrogens (tertiary/aromatic N) is 2. The molecule has 0 aliphatic rings. The maximum Gasteiger partial charge on any atom is 0.264 e. The first-order chi connectivity index (χ1) is 16.6. The third kappa shape index (κ3) is 6.56. The van der Waals surface area contributed by atoms with E-state index in [2.05, 4.69) is 15.0 Å². The molecule has 1 heterocycles. The summed E-state index contributed by atoms with van der Waals surface area (Å²) in [5, 5.41) is 2.69. The SMILES string of the molecule is COc1ccc(S(=O)(=O)NCCC(=O)NCc2cccnc2)cc1N(C)S(=O)(=O)c1ccccc1. The summed E-state index contributed by atoms with van der Waals surface area (Å²) in [5.41, 5.74) is 0.871. The highest BCUT2D eigenvalue weighted by Gasteiger charge is 2.26. The number of sulfonamides is 2. The number of methoxy groups -OCH3 is 1. The Balaban J connectivity index is 1.71. The van der Waals surface area contributed by atoms with Crippen molar-refractivity contribution in [1.29, 1.82) is 0 Å². The van der Waals surface area contributed by atoms with E-state index >= 15 is 0 Å². The first-order valence-electron chi connectivity index (χ1n) is 10.5. The van der Waals surface area contributed by atoms with Crippen LogP contribution in [-0.2, 0) is 31.4 Å². The van der Waals surface area contributed by atoms with Crippen molar-refractivity contribution in [1.82, 2.24) is 15.0 Å². The number of rotatable bonds is 11. The minimum absolute atomic E-state index is 0.0493. The molecule has 0 atom stereocenters. The lowest BCUT2D eigenvalue weighted by molar-refractivity contribution is -0.121. The van der Waals surface area contributed by atoms with E-state index < -0.39 is 20.0 Å². The summed E-state index contributed by atoms with van der Waals surface area (Å²) in [6.45, 7) is 0.143. The van der Waals surface area contributed by atoms with Gasteiger partial charge in [-0.3, -0.25) is 14.1 Å². The summed E-state index contributed by atoms with van der Waals surface area (Å²) in [5.74, 6) is -0.151. The monoisotopic (exact) mass is 518 g/mol. The Bertz CT molecular complexity index is 1370. The predicted octanol–water partition coefficient (Wildman–Crippen LogP) is 1.90. The van der Waals surface area contributed by atoms with Crippen molar-refractivity contribution in [2.75, 3.05) is 25.0 Å². The van der Waals surface area contributed by atoms with Crippen LogP contribution in [0.25, 0.3) is 0 Å². The Labute approximate surface area is 205 Å². The molecule has 2 aromatic carbocycles. The van der Waals surface area contributed by atoms with Crippen LogP contribution in [0.5, 0.6) is 5.75 Å². The molecular weight excluding hydrogens is 492 g/mol. The van der Waals surface area contributed by atoms with Gasteiger partial charge in [-0.1, -0.05) is 24.3 Å². The molecule has 1 amide bonds. The van der Waals surface area contributed by atoms with Gasteiger partial charge >= 0.3 is 0 Å². The van der Waals surface area contributed by atoms with Crippen LogP contribution in [0.3, 0.4) is 0 Å². The largest absolute Gasteiger partial charge is 0.495 e. The van der Waals surface area contributed by atoms with E-state index in [1.807, 2.05) is 6.07 Å². The lowest BCUT2D eigenvalue weighted by atomic mass is 10.3. The number of hydrogen-bond acceptors (Lipinski definition) is 7. The van der Waals surface area contributed by atoms with E-state index in [1.54, 1.807) is 36.7 Å². The van der Waals surface area contributed by atoms with E-state index in [1.165, 1.54) is 44.5 Å². The molecule has 35 heavy (non-hydrogen) atoms. The van der Waals surface area contributed by atoms with Gasteiger partial charge < -0.3 is 10.1 Å². The van der Waals surface area contributed by atoms with Crippen LogP contribution in [0.2, 0.25) is 0 Å². The Morgan fingerprint density at radius 2 is 1.74 bits per heavy atom. The highest BCUT2D eigenvalue weighted by Crippen LogP contribution is 2.33. The number of amides is 1. The third-order valence-electron chi connectivity index (χ3n) is 5.06. The van der Waals surface area contributed by atoms with Gasteiger partial charge in [0.15, 0.2) is 0 Å². The van der Waals surface area contributed by atoms with Gasteiger partial charge in [-0.25, -0.2) is 21.6 Å². The van der Waals surface area contributed by atoms with E-state index in [9.17, 15) is 21.6 Å². The molecule has 10 nitrogen and oxygen atoms in total. The number of hydrogen-bond donors (Lipinski definition) is 2. The number of carbonyl (C=O) groups excluding carboxylic acids is 1. The third-order valence-corrected chi connectivity index (χ3v) is 8.30. The zero-order valence-electron chi connectivity index (χ0n) is 19.2. The average molecular weight is 519 g/mol. The van der Waals surface area contributed by atoms with Crippen molar-refractivity contribution in [2.45, 2.75) is 22.8 Å². The number of nitrogens with one attached hydrogen (secondary N) is 2. The second kappa shape index (κ2) is 11.3. The van der Waals surface area contributed by atoms with Gasteiger partial charge in [0, 0.05) is 39.0 Å². The quantitative estimate of drug-likeness (QED) is 0.396. The molecule has 3 aromatic rings. The van der Waals surface area contributed by atoms with Crippen LogP contribution in [-0.4, -0.2) is 48.4 Å². The summed E-state index contributed by atoms with van der Waals surface area (Å²) in [7, 11) is -5.32. The summed E-state index contributed by atoms with van der Waals surface area (Å²) in [4.78, 5) is 15.9. The van der Waals surface area contributed by atoms with Crippen molar-refractivity contribution in [3.05, 3.63) is 78.6 Å². The Morgan fingerprint density at radius 1 is 1.00 bits per heavy atom. The van der Waals surface area contributed by atoms with Gasteiger partial charge in [0.25, 0.3) is 10.0 Å². The molecule has 0 bridgehead atoms. The zero-order valence-corrected chi connectivity index (χ0v) is 20.8. The number of pyridine rings is 1. The maximum atomic E-state index is 13.0. The standard InChI is InChI=1S/C23H26N4O6S2/c1-27(35(31,32)19-8-4-3-5-9-19)21-15-20(10-11-22(21)33-2)34(29,30)26-14-12-23(28)25-17-18-7-6-13-24-16-18/h3-11,13,15-16,26H,12,14,17H2,1-2H3,(H,25,28). The molecule has 0 aliphatic heterocycles. The Kier molecular flexibility index (Phi) is 8.43. The van der Waals surface area contributed by atoms with Crippen molar-refractivity contribution < 1.29 is 26.4 Å². The van der Waals surface area contributed by atoms with Gasteiger partial charge in [0.1, 0.15) is 5.75 Å². The zero-order chi connectivity index (χ0) is 25.5. The summed E-state index contributed by atoms with van der Waals surface area (Å²) < 4.78 is 60.3. The first kappa shape index (κ1) is 26.1. The Morgan fingerprint density at radius 3 is 2.40 bits per heavy atom. The van der Waals surface area contributed by atoms with Crippen LogP contribution in [0.1, 0.15) is 12.0 Å². The number of benzene rings is 2. The second-order valence-corrected chi connectivity index (χ2v) is 11.1. The van der Waals surface area contributed by atoms with Gasteiger partial charge in [0.05, 0.1) is 22.6 Å². The van der Waals surface area contributed by atoms with Crippen LogP contribution in [0, 0.1) is 0 Å². The normalized spacial score (nSPS) is 11.6. The molecule has 0 saturated carbocycles. The van der Waals surface area contributed by atoms with Crippen LogP contribution >= 0.6 is 0 Å². The van der Waals surface area contributed by atoms with E-state index in [4.69, 9.17) is 4.74 Å². The fraction of sp³-hybridized carbons (Fsp3) is 0.217. The molecule has 0 saturated heterocycles. The lowest BCUT2D eigenvalue weighted by Gasteiger charge is -2.22. The van der Waals surface area contributed by atoms with E-state index in [0.717, 1.165) is 9.87 Å². The minimum Gasteiger partial charge on any atom is -0.495 e. The molecule has 186 valence electrons. The van der Waals surface area contributed by atoms with Crippen molar-refractivity contribution in [3.63, 3.8) is 0 Å². The van der Waals surface area contributed by atoms with Crippen LogP contribution in [0.15, 0.2) is 82.8 Å². The molecule has 0 aliphatic carbocycles. The molecule has 0 radical (unpaired) electrons. The molecule has 2 N–H and O–H groups in total. The second-order valence-electron chi connectivity index (χ2n) is 7.41. The topological polar surface area (TPSA) is 135 Å². The number of ether oxygens (including phenoxy) is 1. The minimum atomic E-state index is -4.03. The first-order valence-corrected chi connectivity index (χ1v) is 13.4. The summed E-state index contributed by atoms with van der Waals surface area (Å²) >= 11 is 0. The number of anilines is 1. The van der Waals surface area contributed by atoms with Gasteiger partial charge in [-0.2, -0.15) is 0 Å².